The zero-order valence-electron chi connectivity index (χ0n) is 10.3. The third-order valence-electron chi connectivity index (χ3n) is 3.07. The largest absolute Gasteiger partial charge is 0.486 e. The summed E-state index contributed by atoms with van der Waals surface area (Å²) in [7, 11) is 0. The highest BCUT2D eigenvalue weighted by Gasteiger charge is 2.19. The number of fused-ring (bicyclic) bond motifs is 1. The number of aromatic nitrogens is 3. The fourth-order valence-corrected chi connectivity index (χ4v) is 2.12. The van der Waals surface area contributed by atoms with Crippen LogP contribution in [-0.4, -0.2) is 27.8 Å². The standard InChI is InChI=1S/C12H15N5O2/c13-7-1-3-10-9(5-7)14-6-8(19-10)2-4-11-15-12(18)17-16-11/h1,3,5,8,14H,2,4,6,13H2,(H2,15,16,17,18). The fourth-order valence-electron chi connectivity index (χ4n) is 2.12. The van der Waals surface area contributed by atoms with Crippen molar-refractivity contribution in [1.29, 1.82) is 0 Å². The Morgan fingerprint density at radius 1 is 1.47 bits per heavy atom. The van der Waals surface area contributed by atoms with Gasteiger partial charge in [-0.3, -0.25) is 4.98 Å². The summed E-state index contributed by atoms with van der Waals surface area (Å²) in [5.41, 5.74) is 7.06. The van der Waals surface area contributed by atoms with Gasteiger partial charge in [0.25, 0.3) is 0 Å². The number of hydrogen-bond donors (Lipinski definition) is 4. The summed E-state index contributed by atoms with van der Waals surface area (Å²) >= 11 is 0. The molecule has 0 amide bonds. The van der Waals surface area contributed by atoms with Gasteiger partial charge in [0.2, 0.25) is 0 Å². The second kappa shape index (κ2) is 4.68. The summed E-state index contributed by atoms with van der Waals surface area (Å²) in [5, 5.41) is 9.51. The van der Waals surface area contributed by atoms with Gasteiger partial charge in [-0.1, -0.05) is 0 Å². The number of nitrogens with zero attached hydrogens (tertiary/aromatic N) is 1. The molecule has 0 aliphatic carbocycles. The van der Waals surface area contributed by atoms with E-state index in [-0.39, 0.29) is 11.8 Å². The number of nitrogens with one attached hydrogen (secondary N) is 3. The van der Waals surface area contributed by atoms with Gasteiger partial charge < -0.3 is 15.8 Å². The van der Waals surface area contributed by atoms with Gasteiger partial charge >= 0.3 is 5.69 Å². The molecule has 1 atom stereocenters. The van der Waals surface area contributed by atoms with Gasteiger partial charge in [-0.05, 0) is 24.6 Å². The van der Waals surface area contributed by atoms with E-state index in [0.717, 1.165) is 17.9 Å². The first-order chi connectivity index (χ1) is 9.20. The number of nitrogens with two attached hydrogens (primary N) is 1. The average molecular weight is 261 g/mol. The first-order valence-electron chi connectivity index (χ1n) is 6.14. The number of nitrogen functional groups attached to an aromatic ring is 1. The first-order valence-corrected chi connectivity index (χ1v) is 6.14. The summed E-state index contributed by atoms with van der Waals surface area (Å²) in [5.74, 6) is 1.46. The third-order valence-corrected chi connectivity index (χ3v) is 3.07. The van der Waals surface area contributed by atoms with E-state index in [1.807, 2.05) is 18.2 Å². The Bertz CT molecular complexity index is 633. The van der Waals surface area contributed by atoms with Crippen molar-refractivity contribution >= 4 is 11.4 Å². The van der Waals surface area contributed by atoms with E-state index in [2.05, 4.69) is 20.5 Å². The lowest BCUT2D eigenvalue weighted by Crippen LogP contribution is -2.31. The minimum Gasteiger partial charge on any atom is -0.486 e. The van der Waals surface area contributed by atoms with Gasteiger partial charge in [0.1, 0.15) is 17.7 Å². The molecular formula is C12H15N5O2. The molecule has 1 unspecified atom stereocenters. The van der Waals surface area contributed by atoms with Crippen LogP contribution >= 0.6 is 0 Å². The monoisotopic (exact) mass is 261 g/mol. The van der Waals surface area contributed by atoms with Gasteiger partial charge in [0.15, 0.2) is 0 Å². The van der Waals surface area contributed by atoms with Crippen molar-refractivity contribution in [2.24, 2.45) is 0 Å². The molecule has 0 spiro atoms. The molecule has 3 rings (SSSR count). The van der Waals surface area contributed by atoms with Crippen LogP contribution in [0.4, 0.5) is 11.4 Å². The van der Waals surface area contributed by atoms with Crippen molar-refractivity contribution in [3.05, 3.63) is 34.5 Å². The molecule has 1 aliphatic rings. The van der Waals surface area contributed by atoms with Crippen LogP contribution in [0, 0.1) is 0 Å². The van der Waals surface area contributed by atoms with Gasteiger partial charge in [0.05, 0.1) is 12.2 Å². The first kappa shape index (κ1) is 11.6. The Kier molecular flexibility index (Phi) is 2.86. The number of anilines is 2. The van der Waals surface area contributed by atoms with Crippen LogP contribution in [0.2, 0.25) is 0 Å². The quantitative estimate of drug-likeness (QED) is 0.601. The number of H-pyrrole nitrogens is 2. The lowest BCUT2D eigenvalue weighted by Gasteiger charge is -2.27. The molecule has 1 aromatic heterocycles. The number of benzene rings is 1. The predicted molar refractivity (Wildman–Crippen MR) is 71.3 cm³/mol. The average Bonchev–Trinajstić information content (AvgIpc) is 2.82. The van der Waals surface area contributed by atoms with E-state index in [9.17, 15) is 4.79 Å². The SMILES string of the molecule is Nc1ccc2c(c1)NCC(CCc1n[nH]c(=O)[nH]1)O2. The highest BCUT2D eigenvalue weighted by atomic mass is 16.5. The van der Waals surface area contributed by atoms with E-state index in [0.29, 0.717) is 24.5 Å². The maximum absolute atomic E-state index is 10.9. The molecule has 7 nitrogen and oxygen atoms in total. The Labute approximate surface area is 109 Å². The maximum Gasteiger partial charge on any atom is 0.340 e. The molecule has 2 heterocycles. The van der Waals surface area contributed by atoms with E-state index >= 15 is 0 Å². The Morgan fingerprint density at radius 2 is 2.37 bits per heavy atom. The van der Waals surface area contributed by atoms with E-state index in [1.165, 1.54) is 0 Å². The van der Waals surface area contributed by atoms with Crippen LogP contribution in [-0.2, 0) is 6.42 Å². The summed E-state index contributed by atoms with van der Waals surface area (Å²) in [6.45, 7) is 0.713. The fraction of sp³-hybridized carbons (Fsp3) is 0.333. The zero-order valence-corrected chi connectivity index (χ0v) is 10.3. The molecule has 2 aromatic rings. The lowest BCUT2D eigenvalue weighted by atomic mass is 10.1. The molecule has 0 saturated carbocycles. The number of ether oxygens (including phenoxy) is 1. The van der Waals surface area contributed by atoms with Gasteiger partial charge in [0, 0.05) is 12.1 Å². The molecule has 19 heavy (non-hydrogen) atoms. The molecule has 0 radical (unpaired) electrons. The van der Waals surface area contributed by atoms with Gasteiger partial charge in [-0.2, -0.15) is 5.10 Å². The van der Waals surface area contributed by atoms with Gasteiger partial charge in [-0.15, -0.1) is 0 Å². The number of aromatic amines is 2. The molecule has 0 saturated heterocycles. The Morgan fingerprint density at radius 3 is 3.16 bits per heavy atom. The third kappa shape index (κ3) is 2.54. The summed E-state index contributed by atoms with van der Waals surface area (Å²) in [4.78, 5) is 13.5. The van der Waals surface area contributed by atoms with E-state index < -0.39 is 0 Å². The van der Waals surface area contributed by atoms with Crippen molar-refractivity contribution in [2.45, 2.75) is 18.9 Å². The normalized spacial score (nSPS) is 17.4. The Balaban J connectivity index is 1.62. The molecular weight excluding hydrogens is 246 g/mol. The van der Waals surface area contributed by atoms with Crippen LogP contribution in [0.25, 0.3) is 0 Å². The number of hydrogen-bond acceptors (Lipinski definition) is 5. The highest BCUT2D eigenvalue weighted by Crippen LogP contribution is 2.31. The summed E-state index contributed by atoms with van der Waals surface area (Å²) in [6.07, 6.45) is 1.49. The highest BCUT2D eigenvalue weighted by molar-refractivity contribution is 5.64. The molecule has 100 valence electrons. The molecule has 1 aliphatic heterocycles. The molecule has 0 fully saturated rings. The summed E-state index contributed by atoms with van der Waals surface area (Å²) in [6, 6.07) is 5.53. The van der Waals surface area contributed by atoms with Crippen molar-refractivity contribution in [1.82, 2.24) is 15.2 Å². The summed E-state index contributed by atoms with van der Waals surface area (Å²) < 4.78 is 5.87. The Hall–Kier alpha value is -2.44. The topological polar surface area (TPSA) is 109 Å². The van der Waals surface area contributed by atoms with Crippen molar-refractivity contribution in [3.8, 4) is 5.75 Å². The predicted octanol–water partition coefficient (Wildman–Crippen LogP) is 0.486. The van der Waals surface area contributed by atoms with Crippen LogP contribution in [0.3, 0.4) is 0 Å². The second-order valence-electron chi connectivity index (χ2n) is 4.54. The smallest absolute Gasteiger partial charge is 0.340 e. The van der Waals surface area contributed by atoms with E-state index in [1.54, 1.807) is 0 Å². The lowest BCUT2D eigenvalue weighted by molar-refractivity contribution is 0.195. The minimum absolute atomic E-state index is 0.0522. The molecule has 5 N–H and O–H groups in total. The zero-order chi connectivity index (χ0) is 13.2. The van der Waals surface area contributed by atoms with Crippen LogP contribution < -0.4 is 21.5 Å². The van der Waals surface area contributed by atoms with Crippen molar-refractivity contribution in [2.75, 3.05) is 17.6 Å². The van der Waals surface area contributed by atoms with Crippen LogP contribution in [0.1, 0.15) is 12.2 Å². The second-order valence-corrected chi connectivity index (χ2v) is 4.54. The van der Waals surface area contributed by atoms with E-state index in [4.69, 9.17) is 10.5 Å². The number of rotatable bonds is 3. The van der Waals surface area contributed by atoms with Crippen LogP contribution in [0.15, 0.2) is 23.0 Å². The van der Waals surface area contributed by atoms with Crippen molar-refractivity contribution in [3.63, 3.8) is 0 Å². The maximum atomic E-state index is 10.9. The molecule has 7 heteroatoms. The van der Waals surface area contributed by atoms with Crippen molar-refractivity contribution < 1.29 is 4.74 Å². The molecule has 0 bridgehead atoms. The van der Waals surface area contributed by atoms with Crippen LogP contribution in [0.5, 0.6) is 5.75 Å². The van der Waals surface area contributed by atoms with Gasteiger partial charge in [-0.25, -0.2) is 9.89 Å². The minimum atomic E-state index is -0.279. The molecule has 1 aromatic carbocycles. The number of aryl methyl sites for hydroxylation is 1.